The van der Waals surface area contributed by atoms with Crippen LogP contribution in [0.4, 0.5) is 0 Å². The van der Waals surface area contributed by atoms with Gasteiger partial charge < -0.3 is 0 Å². The molecule has 0 aliphatic heterocycles. The van der Waals surface area contributed by atoms with E-state index in [-0.39, 0.29) is 0 Å². The van der Waals surface area contributed by atoms with Gasteiger partial charge in [0, 0.05) is 20.3 Å². The van der Waals surface area contributed by atoms with E-state index in [1.54, 1.807) is 9.20 Å². The fraction of sp³-hybridized carbons (Fsp3) is 0.438. The van der Waals surface area contributed by atoms with Crippen molar-refractivity contribution in [3.05, 3.63) is 23.7 Å². The van der Waals surface area contributed by atoms with Crippen molar-refractivity contribution < 1.29 is 0 Å². The number of aryl methyl sites for hydroxylation is 3. The van der Waals surface area contributed by atoms with Gasteiger partial charge in [-0.3, -0.25) is 9.36 Å². The summed E-state index contributed by atoms with van der Waals surface area (Å²) in [4.78, 5) is 0.764. The number of fused-ring (bicyclic) bond motifs is 1. The second-order valence-electron chi connectivity index (χ2n) is 6.67. The van der Waals surface area contributed by atoms with E-state index < -0.39 is 0 Å². The molecule has 9 heteroatoms. The predicted octanol–water partition coefficient (Wildman–Crippen LogP) is 2.49. The molecule has 0 aromatic carbocycles. The normalized spacial score (nSPS) is 11.9. The van der Waals surface area contributed by atoms with Crippen LogP contribution < -0.4 is 0 Å². The van der Waals surface area contributed by atoms with Gasteiger partial charge in [0.15, 0.2) is 5.01 Å². The van der Waals surface area contributed by atoms with Crippen LogP contribution in [0.25, 0.3) is 27.1 Å². The van der Waals surface area contributed by atoms with Crippen LogP contribution in [0.2, 0.25) is 0 Å². The fourth-order valence-corrected chi connectivity index (χ4v) is 3.85. The van der Waals surface area contributed by atoms with Crippen LogP contribution in [0.15, 0.2) is 12.3 Å². The topological polar surface area (TPSA) is 78.7 Å². The molecule has 0 atom stereocenters. The predicted molar refractivity (Wildman–Crippen MR) is 96.3 cm³/mol. The van der Waals surface area contributed by atoms with Crippen molar-refractivity contribution in [1.82, 2.24) is 39.4 Å². The molecule has 25 heavy (non-hydrogen) atoms. The lowest BCUT2D eigenvalue weighted by Gasteiger charge is -1.98. The molecule has 4 heterocycles. The lowest BCUT2D eigenvalue weighted by atomic mass is 10.1. The molecule has 0 saturated carbocycles. The molecule has 0 aliphatic rings. The number of hydrogen-bond acceptors (Lipinski definition) is 6. The number of rotatable bonds is 4. The van der Waals surface area contributed by atoms with Crippen LogP contribution in [0.5, 0.6) is 0 Å². The Kier molecular flexibility index (Phi) is 3.68. The summed E-state index contributed by atoms with van der Waals surface area (Å²) in [7, 11) is 3.84. The third kappa shape index (κ3) is 2.74. The summed E-state index contributed by atoms with van der Waals surface area (Å²) < 4.78 is 5.44. The van der Waals surface area contributed by atoms with Crippen molar-refractivity contribution >= 4 is 16.3 Å². The highest BCUT2D eigenvalue weighted by Gasteiger charge is 2.19. The minimum atomic E-state index is 0.556. The highest BCUT2D eigenvalue weighted by molar-refractivity contribution is 7.19. The molecule has 0 aliphatic carbocycles. The van der Waals surface area contributed by atoms with Gasteiger partial charge in [0.1, 0.15) is 5.69 Å². The lowest BCUT2D eigenvalue weighted by molar-refractivity contribution is 0.621. The van der Waals surface area contributed by atoms with E-state index >= 15 is 0 Å². The third-order valence-corrected chi connectivity index (χ3v) is 4.94. The van der Waals surface area contributed by atoms with Crippen molar-refractivity contribution in [1.29, 1.82) is 0 Å². The Balaban J connectivity index is 1.79. The first-order chi connectivity index (χ1) is 11.9. The molecule has 0 unspecified atom stereocenters. The zero-order chi connectivity index (χ0) is 17.7. The summed E-state index contributed by atoms with van der Waals surface area (Å²) in [5, 5.41) is 23.2. The Hall–Kier alpha value is -2.55. The van der Waals surface area contributed by atoms with E-state index in [4.69, 9.17) is 5.10 Å². The van der Waals surface area contributed by atoms with Gasteiger partial charge in [-0.15, -0.1) is 10.2 Å². The maximum Gasteiger partial charge on any atom is 0.235 e. The summed E-state index contributed by atoms with van der Waals surface area (Å²) in [6.45, 7) is 6.36. The SMILES string of the molecule is Cc1nn(C)cc1-c1nn2c(-c3cc(CC(C)C)nn3C)nnc2s1. The van der Waals surface area contributed by atoms with Crippen LogP contribution in [0.3, 0.4) is 0 Å². The van der Waals surface area contributed by atoms with Crippen LogP contribution in [-0.4, -0.2) is 39.4 Å². The Morgan fingerprint density at radius 2 is 1.92 bits per heavy atom. The Morgan fingerprint density at radius 1 is 1.12 bits per heavy atom. The molecule has 8 nitrogen and oxygen atoms in total. The van der Waals surface area contributed by atoms with E-state index in [0.29, 0.717) is 11.7 Å². The molecule has 4 rings (SSSR count). The maximum atomic E-state index is 4.72. The standard InChI is InChI=1S/C16H20N8S/c1-9(2)6-11-7-13(23(5)20-11)14-17-18-16-24(14)21-15(25-16)12-8-22(4)19-10(12)3/h7-9H,6H2,1-5H3. The molecule has 0 fully saturated rings. The summed E-state index contributed by atoms with van der Waals surface area (Å²) in [5.74, 6) is 1.27. The molecular formula is C16H20N8S. The first-order valence-corrected chi connectivity index (χ1v) is 9.00. The van der Waals surface area contributed by atoms with Gasteiger partial charge in [0.25, 0.3) is 0 Å². The minimum absolute atomic E-state index is 0.556. The molecule has 0 bridgehead atoms. The van der Waals surface area contributed by atoms with E-state index in [2.05, 4.69) is 40.3 Å². The molecule has 0 spiro atoms. The number of hydrogen-bond donors (Lipinski definition) is 0. The summed E-state index contributed by atoms with van der Waals surface area (Å²) >= 11 is 1.51. The molecule has 0 amide bonds. The first kappa shape index (κ1) is 15.9. The second-order valence-corrected chi connectivity index (χ2v) is 7.63. The average Bonchev–Trinajstić information content (AvgIpc) is 3.22. The average molecular weight is 356 g/mol. The van der Waals surface area contributed by atoms with Gasteiger partial charge in [-0.1, -0.05) is 25.2 Å². The van der Waals surface area contributed by atoms with E-state index in [1.165, 1.54) is 11.3 Å². The monoisotopic (exact) mass is 356 g/mol. The number of nitrogens with zero attached hydrogens (tertiary/aromatic N) is 8. The summed E-state index contributed by atoms with van der Waals surface area (Å²) in [5.41, 5.74) is 3.95. The molecule has 130 valence electrons. The Morgan fingerprint density at radius 3 is 2.60 bits per heavy atom. The maximum absolute atomic E-state index is 4.72. The van der Waals surface area contributed by atoms with Gasteiger partial charge >= 0.3 is 0 Å². The summed E-state index contributed by atoms with van der Waals surface area (Å²) in [6.07, 6.45) is 2.92. The summed E-state index contributed by atoms with van der Waals surface area (Å²) in [6, 6.07) is 2.07. The van der Waals surface area contributed by atoms with Gasteiger partial charge in [0.05, 0.1) is 17.0 Å². The largest absolute Gasteiger partial charge is 0.275 e. The van der Waals surface area contributed by atoms with Crippen LogP contribution in [0, 0.1) is 12.8 Å². The van der Waals surface area contributed by atoms with E-state index in [0.717, 1.165) is 39.0 Å². The van der Waals surface area contributed by atoms with Gasteiger partial charge in [-0.05, 0) is 25.3 Å². The van der Waals surface area contributed by atoms with E-state index in [1.807, 2.05) is 31.9 Å². The zero-order valence-corrected chi connectivity index (χ0v) is 15.7. The third-order valence-electron chi connectivity index (χ3n) is 4.01. The lowest BCUT2D eigenvalue weighted by Crippen LogP contribution is -1.99. The van der Waals surface area contributed by atoms with Crippen molar-refractivity contribution in [3.8, 4) is 22.1 Å². The first-order valence-electron chi connectivity index (χ1n) is 8.18. The molecule has 4 aromatic rings. The van der Waals surface area contributed by atoms with Crippen LogP contribution in [0.1, 0.15) is 25.2 Å². The van der Waals surface area contributed by atoms with Gasteiger partial charge in [-0.2, -0.15) is 19.8 Å². The van der Waals surface area contributed by atoms with Crippen LogP contribution in [-0.2, 0) is 20.5 Å². The number of aromatic nitrogens is 8. The molecular weight excluding hydrogens is 336 g/mol. The van der Waals surface area contributed by atoms with Crippen molar-refractivity contribution in [2.75, 3.05) is 0 Å². The Bertz CT molecular complexity index is 1050. The molecule has 0 saturated heterocycles. The quantitative estimate of drug-likeness (QED) is 0.561. The highest BCUT2D eigenvalue weighted by Crippen LogP contribution is 2.29. The van der Waals surface area contributed by atoms with Gasteiger partial charge in [0.2, 0.25) is 10.8 Å². The van der Waals surface area contributed by atoms with Crippen molar-refractivity contribution in [3.63, 3.8) is 0 Å². The highest BCUT2D eigenvalue weighted by atomic mass is 32.1. The molecule has 0 radical (unpaired) electrons. The smallest absolute Gasteiger partial charge is 0.235 e. The molecule has 4 aromatic heterocycles. The zero-order valence-electron chi connectivity index (χ0n) is 14.9. The fourth-order valence-electron chi connectivity index (χ4n) is 2.95. The Labute approximate surface area is 149 Å². The van der Waals surface area contributed by atoms with Crippen molar-refractivity contribution in [2.45, 2.75) is 27.2 Å². The van der Waals surface area contributed by atoms with Crippen molar-refractivity contribution in [2.24, 2.45) is 20.0 Å². The molecule has 0 N–H and O–H groups in total. The minimum Gasteiger partial charge on any atom is -0.275 e. The van der Waals surface area contributed by atoms with Gasteiger partial charge in [-0.25, -0.2) is 0 Å². The van der Waals surface area contributed by atoms with Crippen LogP contribution >= 0.6 is 11.3 Å². The van der Waals surface area contributed by atoms with E-state index in [9.17, 15) is 0 Å². The second kappa shape index (κ2) is 5.76.